The van der Waals surface area contributed by atoms with E-state index in [1.54, 1.807) is 18.3 Å². The molecule has 0 bridgehead atoms. The quantitative estimate of drug-likeness (QED) is 0.218. The minimum Gasteiger partial charge on any atom is -0.207 e. The predicted molar refractivity (Wildman–Crippen MR) is 126 cm³/mol. The van der Waals surface area contributed by atoms with Crippen LogP contribution in [0.1, 0.15) is 82.3 Å². The molecule has 1 saturated carbocycles. The van der Waals surface area contributed by atoms with E-state index in [4.69, 9.17) is 0 Å². The number of rotatable bonds is 10. The van der Waals surface area contributed by atoms with Crippen LogP contribution in [0.25, 0.3) is 0 Å². The summed E-state index contributed by atoms with van der Waals surface area (Å²) >= 11 is 0. The third-order valence-corrected chi connectivity index (χ3v) is 6.26. The third kappa shape index (κ3) is 7.19. The van der Waals surface area contributed by atoms with Gasteiger partial charge in [-0.05, 0) is 54.9 Å². The molecule has 2 aromatic rings. The molecule has 160 valence electrons. The van der Waals surface area contributed by atoms with Gasteiger partial charge in [0.15, 0.2) is 0 Å². The van der Waals surface area contributed by atoms with Gasteiger partial charge in [0.1, 0.15) is 5.82 Å². The molecular formula is C27H35FN2. The van der Waals surface area contributed by atoms with Gasteiger partial charge >= 0.3 is 0 Å². The van der Waals surface area contributed by atoms with Crippen molar-refractivity contribution in [2.24, 2.45) is 22.0 Å². The molecule has 0 radical (unpaired) electrons. The van der Waals surface area contributed by atoms with E-state index in [9.17, 15) is 4.39 Å². The Morgan fingerprint density at radius 2 is 1.60 bits per heavy atom. The molecule has 2 nitrogen and oxygen atoms in total. The Morgan fingerprint density at radius 1 is 0.900 bits per heavy atom. The average Bonchev–Trinajstić information content (AvgIpc) is 2.79. The van der Waals surface area contributed by atoms with Crippen LogP contribution in [-0.2, 0) is 0 Å². The number of hydrogen-bond acceptors (Lipinski definition) is 2. The van der Waals surface area contributed by atoms with E-state index >= 15 is 0 Å². The van der Waals surface area contributed by atoms with Gasteiger partial charge < -0.3 is 0 Å². The van der Waals surface area contributed by atoms with E-state index in [0.29, 0.717) is 5.92 Å². The lowest BCUT2D eigenvalue weighted by molar-refractivity contribution is 0.298. The molecule has 3 rings (SSSR count). The Bertz CT molecular complexity index is 787. The zero-order chi connectivity index (χ0) is 21.0. The SMILES string of the molecule is CCCCCCCC1CCC(C(=NN=Cc2ccc(F)cc2)c2ccccc2)CC1. The number of nitrogens with zero attached hydrogens (tertiary/aromatic N) is 2. The van der Waals surface area contributed by atoms with Gasteiger partial charge in [-0.1, -0.05) is 87.9 Å². The molecule has 30 heavy (non-hydrogen) atoms. The maximum atomic E-state index is 13.1. The van der Waals surface area contributed by atoms with Crippen LogP contribution < -0.4 is 0 Å². The Morgan fingerprint density at radius 3 is 2.30 bits per heavy atom. The summed E-state index contributed by atoms with van der Waals surface area (Å²) in [4.78, 5) is 0. The van der Waals surface area contributed by atoms with Crippen LogP contribution in [0.2, 0.25) is 0 Å². The zero-order valence-corrected chi connectivity index (χ0v) is 18.3. The van der Waals surface area contributed by atoms with E-state index in [1.807, 2.05) is 6.07 Å². The first kappa shape index (κ1) is 22.4. The fraction of sp³-hybridized carbons (Fsp3) is 0.481. The minimum atomic E-state index is -0.234. The van der Waals surface area contributed by atoms with Crippen LogP contribution in [0, 0.1) is 17.7 Å². The number of benzene rings is 2. The highest BCUT2D eigenvalue weighted by Gasteiger charge is 2.25. The Labute approximate surface area is 181 Å². The monoisotopic (exact) mass is 406 g/mol. The number of hydrogen-bond donors (Lipinski definition) is 0. The van der Waals surface area contributed by atoms with Gasteiger partial charge in [-0.2, -0.15) is 10.2 Å². The first-order valence-electron chi connectivity index (χ1n) is 11.7. The van der Waals surface area contributed by atoms with E-state index in [1.165, 1.54) is 76.3 Å². The van der Waals surface area contributed by atoms with Gasteiger partial charge in [-0.3, -0.25) is 0 Å². The van der Waals surface area contributed by atoms with Crippen LogP contribution in [-0.4, -0.2) is 11.9 Å². The summed E-state index contributed by atoms with van der Waals surface area (Å²) < 4.78 is 13.1. The fourth-order valence-corrected chi connectivity index (χ4v) is 4.45. The van der Waals surface area contributed by atoms with Crippen LogP contribution in [0.3, 0.4) is 0 Å². The van der Waals surface area contributed by atoms with E-state index in [2.05, 4.69) is 41.4 Å². The number of unbranched alkanes of at least 4 members (excludes halogenated alkanes) is 4. The summed E-state index contributed by atoms with van der Waals surface area (Å²) in [6.07, 6.45) is 14.9. The van der Waals surface area contributed by atoms with E-state index in [0.717, 1.165) is 22.8 Å². The highest BCUT2D eigenvalue weighted by Crippen LogP contribution is 2.34. The summed E-state index contributed by atoms with van der Waals surface area (Å²) in [7, 11) is 0. The van der Waals surface area contributed by atoms with Crippen molar-refractivity contribution in [3.8, 4) is 0 Å². The summed E-state index contributed by atoms with van der Waals surface area (Å²) in [6.45, 7) is 2.27. The Balaban J connectivity index is 1.60. The molecule has 1 fully saturated rings. The summed E-state index contributed by atoms with van der Waals surface area (Å²) in [6, 6.07) is 16.8. The van der Waals surface area contributed by atoms with Crippen molar-refractivity contribution >= 4 is 11.9 Å². The van der Waals surface area contributed by atoms with Gasteiger partial charge in [0.2, 0.25) is 0 Å². The molecule has 0 aromatic heterocycles. The van der Waals surface area contributed by atoms with Crippen LogP contribution >= 0.6 is 0 Å². The molecule has 0 heterocycles. The van der Waals surface area contributed by atoms with Gasteiger partial charge in [-0.15, -0.1) is 0 Å². The lowest BCUT2D eigenvalue weighted by Crippen LogP contribution is -2.22. The Kier molecular flexibility index (Phi) is 9.27. The number of halogens is 1. The largest absolute Gasteiger partial charge is 0.207 e. The second-order valence-electron chi connectivity index (χ2n) is 8.57. The lowest BCUT2D eigenvalue weighted by atomic mass is 9.76. The second kappa shape index (κ2) is 12.4. The standard InChI is InChI=1S/C27H35FN2/c1-2-3-4-5-7-10-22-13-17-25(18-14-22)27(24-11-8-6-9-12-24)30-29-21-23-15-19-26(28)20-16-23/h6,8-9,11-12,15-16,19-22,25H,2-5,7,10,13-14,17-18H2,1H3. The molecule has 3 heteroatoms. The molecular weight excluding hydrogens is 371 g/mol. The summed E-state index contributed by atoms with van der Waals surface area (Å²) in [5, 5.41) is 9.01. The second-order valence-corrected chi connectivity index (χ2v) is 8.57. The van der Waals surface area contributed by atoms with Crippen LogP contribution in [0.4, 0.5) is 4.39 Å². The molecule has 0 N–H and O–H groups in total. The molecule has 0 atom stereocenters. The minimum absolute atomic E-state index is 0.234. The molecule has 1 aliphatic rings. The van der Waals surface area contributed by atoms with Gasteiger partial charge in [0, 0.05) is 5.92 Å². The first-order valence-corrected chi connectivity index (χ1v) is 11.7. The topological polar surface area (TPSA) is 24.7 Å². The predicted octanol–water partition coefficient (Wildman–Crippen LogP) is 7.82. The van der Waals surface area contributed by atoms with Crippen molar-refractivity contribution in [2.45, 2.75) is 71.1 Å². The highest BCUT2D eigenvalue weighted by molar-refractivity contribution is 6.02. The third-order valence-electron chi connectivity index (χ3n) is 6.26. The highest BCUT2D eigenvalue weighted by atomic mass is 19.1. The molecule has 0 amide bonds. The molecule has 0 aliphatic heterocycles. The molecule has 0 spiro atoms. The normalized spacial score (nSPS) is 20.0. The zero-order valence-electron chi connectivity index (χ0n) is 18.3. The lowest BCUT2D eigenvalue weighted by Gasteiger charge is -2.29. The van der Waals surface area contributed by atoms with Crippen molar-refractivity contribution in [1.82, 2.24) is 0 Å². The summed E-state index contributed by atoms with van der Waals surface area (Å²) in [5.41, 5.74) is 3.12. The molecule has 2 aromatic carbocycles. The average molecular weight is 407 g/mol. The first-order chi connectivity index (χ1) is 14.8. The van der Waals surface area contributed by atoms with Gasteiger partial charge in [-0.25, -0.2) is 4.39 Å². The van der Waals surface area contributed by atoms with E-state index < -0.39 is 0 Å². The van der Waals surface area contributed by atoms with Crippen LogP contribution in [0.15, 0.2) is 64.8 Å². The fourth-order valence-electron chi connectivity index (χ4n) is 4.45. The molecule has 0 saturated heterocycles. The Hall–Kier alpha value is -2.29. The van der Waals surface area contributed by atoms with Gasteiger partial charge in [0.05, 0.1) is 11.9 Å². The van der Waals surface area contributed by atoms with Crippen molar-refractivity contribution in [1.29, 1.82) is 0 Å². The van der Waals surface area contributed by atoms with E-state index in [-0.39, 0.29) is 5.82 Å². The van der Waals surface area contributed by atoms with Crippen molar-refractivity contribution in [3.63, 3.8) is 0 Å². The van der Waals surface area contributed by atoms with Crippen LogP contribution in [0.5, 0.6) is 0 Å². The maximum Gasteiger partial charge on any atom is 0.123 e. The van der Waals surface area contributed by atoms with Crippen molar-refractivity contribution in [3.05, 3.63) is 71.5 Å². The van der Waals surface area contributed by atoms with Gasteiger partial charge in [0.25, 0.3) is 0 Å². The van der Waals surface area contributed by atoms with Crippen molar-refractivity contribution in [2.75, 3.05) is 0 Å². The molecule has 1 aliphatic carbocycles. The smallest absolute Gasteiger partial charge is 0.123 e. The maximum absolute atomic E-state index is 13.1. The summed E-state index contributed by atoms with van der Waals surface area (Å²) in [5.74, 6) is 1.11. The van der Waals surface area contributed by atoms with Crippen molar-refractivity contribution < 1.29 is 4.39 Å². The molecule has 0 unspecified atom stereocenters.